The third-order valence-corrected chi connectivity index (χ3v) is 5.82. The predicted octanol–water partition coefficient (Wildman–Crippen LogP) is 9.10. The lowest BCUT2D eigenvalue weighted by atomic mass is 9.72. The number of nitrogens with one attached hydrogen (secondary N) is 1. The Balaban J connectivity index is -0.00000127. The lowest BCUT2D eigenvalue weighted by Crippen LogP contribution is -2.35. The second-order valence-electron chi connectivity index (χ2n) is 7.63. The van der Waals surface area contributed by atoms with E-state index in [0.29, 0.717) is 12.0 Å². The molecule has 0 aromatic rings. The smallest absolute Gasteiger partial charge is 0.0269 e. The van der Waals surface area contributed by atoms with Crippen molar-refractivity contribution < 1.29 is 1.43 Å². The SMILES string of the molecule is C=C/C=C\C(=C)NC(C)C1CCC(C(C)C(=C)CCCCC)CC1.CC.CC.[HH]. The molecule has 166 valence electrons. The first-order valence-corrected chi connectivity index (χ1v) is 11.9. The summed E-state index contributed by atoms with van der Waals surface area (Å²) >= 11 is 0. The molecule has 1 aliphatic rings. The molecule has 0 radical (unpaired) electrons. The van der Waals surface area contributed by atoms with E-state index in [9.17, 15) is 0 Å². The minimum Gasteiger partial charge on any atom is -0.383 e. The van der Waals surface area contributed by atoms with Gasteiger partial charge in [0, 0.05) is 13.2 Å². The number of hydrogen-bond acceptors (Lipinski definition) is 1. The van der Waals surface area contributed by atoms with Gasteiger partial charge in [0.05, 0.1) is 0 Å². The minimum absolute atomic E-state index is 0. The zero-order valence-electron chi connectivity index (χ0n) is 20.3. The first kappa shape index (κ1) is 29.0. The van der Waals surface area contributed by atoms with Crippen LogP contribution in [0.1, 0.15) is 101 Å². The Morgan fingerprint density at radius 2 is 1.54 bits per heavy atom. The molecule has 0 aromatic heterocycles. The lowest BCUT2D eigenvalue weighted by molar-refractivity contribution is 0.203. The summed E-state index contributed by atoms with van der Waals surface area (Å²) < 4.78 is 0. The Bertz CT molecular complexity index is 430. The second kappa shape index (κ2) is 19.1. The highest BCUT2D eigenvalue weighted by molar-refractivity contribution is 5.17. The van der Waals surface area contributed by atoms with Crippen molar-refractivity contribution in [3.8, 4) is 0 Å². The molecule has 0 saturated heterocycles. The van der Waals surface area contributed by atoms with E-state index in [-0.39, 0.29) is 1.43 Å². The summed E-state index contributed by atoms with van der Waals surface area (Å²) in [5.41, 5.74) is 2.48. The lowest BCUT2D eigenvalue weighted by Gasteiger charge is -2.36. The molecule has 1 heteroatoms. The van der Waals surface area contributed by atoms with Crippen LogP contribution >= 0.6 is 0 Å². The van der Waals surface area contributed by atoms with E-state index >= 15 is 0 Å². The fourth-order valence-corrected chi connectivity index (χ4v) is 3.95. The Hall–Kier alpha value is -1.24. The van der Waals surface area contributed by atoms with Gasteiger partial charge in [-0.2, -0.15) is 0 Å². The van der Waals surface area contributed by atoms with E-state index in [1.807, 2.05) is 39.8 Å². The Morgan fingerprint density at radius 1 is 1.00 bits per heavy atom. The highest BCUT2D eigenvalue weighted by atomic mass is 14.9. The molecule has 1 fully saturated rings. The summed E-state index contributed by atoms with van der Waals surface area (Å²) in [6.45, 7) is 27.1. The van der Waals surface area contributed by atoms with Gasteiger partial charge >= 0.3 is 0 Å². The van der Waals surface area contributed by atoms with Gasteiger partial charge in [0.15, 0.2) is 0 Å². The van der Waals surface area contributed by atoms with Gasteiger partial charge in [-0.3, -0.25) is 0 Å². The molecule has 0 amide bonds. The molecule has 0 spiro atoms. The summed E-state index contributed by atoms with van der Waals surface area (Å²) in [6.07, 6.45) is 16.2. The summed E-state index contributed by atoms with van der Waals surface area (Å²) in [6, 6.07) is 0.496. The average molecular weight is 392 g/mol. The quantitative estimate of drug-likeness (QED) is 0.210. The predicted molar refractivity (Wildman–Crippen MR) is 134 cm³/mol. The fourth-order valence-electron chi connectivity index (χ4n) is 3.95. The summed E-state index contributed by atoms with van der Waals surface area (Å²) in [5.74, 6) is 2.29. The maximum Gasteiger partial charge on any atom is 0.0269 e. The molecular weight excluding hydrogens is 338 g/mol. The van der Waals surface area contributed by atoms with Crippen LogP contribution in [0, 0.1) is 17.8 Å². The molecule has 0 bridgehead atoms. The summed E-state index contributed by atoms with van der Waals surface area (Å²) in [7, 11) is 0. The van der Waals surface area contributed by atoms with E-state index in [1.165, 1.54) is 56.9 Å². The van der Waals surface area contributed by atoms with Crippen LogP contribution < -0.4 is 5.32 Å². The van der Waals surface area contributed by atoms with Crippen LogP contribution in [0.15, 0.2) is 49.2 Å². The maximum atomic E-state index is 4.38. The average Bonchev–Trinajstić information content (AvgIpc) is 2.74. The summed E-state index contributed by atoms with van der Waals surface area (Å²) in [4.78, 5) is 0. The van der Waals surface area contributed by atoms with Gasteiger partial charge in [-0.25, -0.2) is 0 Å². The minimum atomic E-state index is 0. The van der Waals surface area contributed by atoms with Gasteiger partial charge in [0.25, 0.3) is 0 Å². The van der Waals surface area contributed by atoms with Crippen molar-refractivity contribution in [2.75, 3.05) is 0 Å². The first-order valence-electron chi connectivity index (χ1n) is 11.9. The monoisotopic (exact) mass is 391 g/mol. The fraction of sp³-hybridized carbons (Fsp3) is 0.704. The van der Waals surface area contributed by atoms with Crippen molar-refractivity contribution in [3.63, 3.8) is 0 Å². The van der Waals surface area contributed by atoms with Crippen LogP contribution in [0.4, 0.5) is 0 Å². The Labute approximate surface area is 180 Å². The molecule has 0 aromatic carbocycles. The van der Waals surface area contributed by atoms with Crippen molar-refractivity contribution in [2.24, 2.45) is 17.8 Å². The molecule has 1 rings (SSSR count). The van der Waals surface area contributed by atoms with Gasteiger partial charge in [-0.05, 0) is 69.3 Å². The number of rotatable bonds is 11. The number of hydrogen-bond donors (Lipinski definition) is 1. The molecular formula is C27H53N. The zero-order valence-corrected chi connectivity index (χ0v) is 20.3. The molecule has 0 aliphatic heterocycles. The standard InChI is InChI=1S/C23H39N.2C2H6.H2/c1-7-9-11-12-18(3)20(5)22-14-16-23(17-15-22)21(6)24-19(4)13-10-8-2;2*1-2;/h8,10,13,20-24H,2-4,7,9,11-12,14-17H2,1,5-6H3;2*1-2H3;1H/b13-10-;;;. The van der Waals surface area contributed by atoms with Crippen molar-refractivity contribution in [1.82, 2.24) is 5.32 Å². The van der Waals surface area contributed by atoms with E-state index in [4.69, 9.17) is 0 Å². The van der Waals surface area contributed by atoms with Crippen molar-refractivity contribution in [1.29, 1.82) is 0 Å². The van der Waals surface area contributed by atoms with E-state index < -0.39 is 0 Å². The summed E-state index contributed by atoms with van der Waals surface area (Å²) in [5, 5.41) is 3.54. The van der Waals surface area contributed by atoms with Gasteiger partial charge < -0.3 is 5.32 Å². The molecule has 28 heavy (non-hydrogen) atoms. The van der Waals surface area contributed by atoms with Crippen molar-refractivity contribution in [3.05, 3.63) is 49.2 Å². The van der Waals surface area contributed by atoms with Gasteiger partial charge in [0.2, 0.25) is 0 Å². The van der Waals surface area contributed by atoms with Crippen LogP contribution in [0.2, 0.25) is 0 Å². The van der Waals surface area contributed by atoms with E-state index in [2.05, 4.69) is 45.8 Å². The van der Waals surface area contributed by atoms with Crippen LogP contribution in [-0.2, 0) is 0 Å². The Morgan fingerprint density at radius 3 is 2.04 bits per heavy atom. The highest BCUT2D eigenvalue weighted by Crippen LogP contribution is 2.38. The van der Waals surface area contributed by atoms with Gasteiger partial charge in [-0.15, -0.1) is 0 Å². The van der Waals surface area contributed by atoms with E-state index in [0.717, 1.165) is 17.5 Å². The zero-order chi connectivity index (χ0) is 21.9. The molecule has 1 aliphatic carbocycles. The third-order valence-electron chi connectivity index (χ3n) is 5.82. The highest BCUT2D eigenvalue weighted by Gasteiger charge is 2.28. The number of allylic oxidation sites excluding steroid dienone is 4. The second-order valence-corrected chi connectivity index (χ2v) is 7.63. The molecule has 2 unspecified atom stereocenters. The first-order chi connectivity index (χ1) is 13.5. The van der Waals surface area contributed by atoms with Crippen molar-refractivity contribution in [2.45, 2.75) is 106 Å². The number of unbranched alkanes of at least 4 members (excludes halogenated alkanes) is 2. The van der Waals surface area contributed by atoms with Gasteiger partial charge in [0.1, 0.15) is 0 Å². The van der Waals surface area contributed by atoms with Crippen LogP contribution in [-0.4, -0.2) is 6.04 Å². The van der Waals surface area contributed by atoms with Crippen LogP contribution in [0.5, 0.6) is 0 Å². The van der Waals surface area contributed by atoms with Gasteiger partial charge in [-0.1, -0.05) is 91.8 Å². The molecule has 1 N–H and O–H groups in total. The normalized spacial score (nSPS) is 20.7. The molecule has 1 saturated carbocycles. The third kappa shape index (κ3) is 12.3. The largest absolute Gasteiger partial charge is 0.383 e. The molecule has 0 heterocycles. The maximum absolute atomic E-state index is 4.38. The topological polar surface area (TPSA) is 12.0 Å². The van der Waals surface area contributed by atoms with Crippen LogP contribution in [0.25, 0.3) is 0 Å². The molecule has 1 nitrogen and oxygen atoms in total. The van der Waals surface area contributed by atoms with Crippen LogP contribution in [0.3, 0.4) is 0 Å². The molecule has 2 atom stereocenters. The van der Waals surface area contributed by atoms with Crippen molar-refractivity contribution >= 4 is 0 Å². The Kier molecular flexibility index (Phi) is 19.8. The van der Waals surface area contributed by atoms with E-state index in [1.54, 1.807) is 6.08 Å².